The van der Waals surface area contributed by atoms with Crippen molar-refractivity contribution in [2.24, 2.45) is 0 Å². The predicted molar refractivity (Wildman–Crippen MR) is 85.2 cm³/mol. The molecule has 0 aliphatic heterocycles. The average molecular weight is 328 g/mol. The van der Waals surface area contributed by atoms with E-state index in [-0.39, 0.29) is 0 Å². The van der Waals surface area contributed by atoms with Gasteiger partial charge in [0.1, 0.15) is 0 Å². The second-order valence-electron chi connectivity index (χ2n) is 5.59. The average Bonchev–Trinajstić information content (AvgIpc) is 3.13. The Kier molecular flexibility index (Phi) is 3.74. The number of aromatic nitrogens is 6. The van der Waals surface area contributed by atoms with E-state index in [1.807, 2.05) is 42.6 Å². The SMILES string of the molecule is O=[S@](Cc1ccn(-c2ccccc2)n1)Cc1nnnn1C1CC1. The van der Waals surface area contributed by atoms with E-state index in [1.165, 1.54) is 0 Å². The molecule has 3 aromatic rings. The molecule has 0 bridgehead atoms. The summed E-state index contributed by atoms with van der Waals surface area (Å²) < 4.78 is 16.0. The van der Waals surface area contributed by atoms with Crippen LogP contribution >= 0.6 is 0 Å². The van der Waals surface area contributed by atoms with Crippen molar-refractivity contribution >= 4 is 10.8 Å². The molecule has 23 heavy (non-hydrogen) atoms. The van der Waals surface area contributed by atoms with E-state index in [4.69, 9.17) is 0 Å². The zero-order valence-corrected chi connectivity index (χ0v) is 13.3. The molecule has 1 aliphatic rings. The highest BCUT2D eigenvalue weighted by Crippen LogP contribution is 2.34. The van der Waals surface area contributed by atoms with Crippen molar-refractivity contribution in [2.75, 3.05) is 0 Å². The molecule has 0 amide bonds. The maximum absolute atomic E-state index is 12.4. The van der Waals surface area contributed by atoms with Gasteiger partial charge in [0.25, 0.3) is 0 Å². The molecule has 1 aliphatic carbocycles. The van der Waals surface area contributed by atoms with Crippen molar-refractivity contribution in [3.8, 4) is 5.69 Å². The molecule has 7 nitrogen and oxygen atoms in total. The quantitative estimate of drug-likeness (QED) is 0.687. The van der Waals surface area contributed by atoms with Gasteiger partial charge in [-0.15, -0.1) is 5.10 Å². The summed E-state index contributed by atoms with van der Waals surface area (Å²) >= 11 is 0. The second-order valence-corrected chi connectivity index (χ2v) is 7.04. The first-order chi connectivity index (χ1) is 11.3. The van der Waals surface area contributed by atoms with Crippen LogP contribution in [0.4, 0.5) is 0 Å². The molecular weight excluding hydrogens is 312 g/mol. The molecule has 4 rings (SSSR count). The van der Waals surface area contributed by atoms with Gasteiger partial charge in [0.2, 0.25) is 0 Å². The Morgan fingerprint density at radius 2 is 1.96 bits per heavy atom. The zero-order valence-electron chi connectivity index (χ0n) is 12.4. The number of hydrogen-bond acceptors (Lipinski definition) is 5. The summed E-state index contributed by atoms with van der Waals surface area (Å²) in [4.78, 5) is 0. The summed E-state index contributed by atoms with van der Waals surface area (Å²) in [6, 6.07) is 12.2. The Hall–Kier alpha value is -2.35. The van der Waals surface area contributed by atoms with E-state index in [2.05, 4.69) is 20.6 Å². The summed E-state index contributed by atoms with van der Waals surface area (Å²) in [7, 11) is -1.08. The van der Waals surface area contributed by atoms with Crippen molar-refractivity contribution in [1.29, 1.82) is 0 Å². The van der Waals surface area contributed by atoms with E-state index in [0.717, 1.165) is 24.2 Å². The minimum absolute atomic E-state index is 0.363. The van der Waals surface area contributed by atoms with Crippen LogP contribution in [0.3, 0.4) is 0 Å². The predicted octanol–water partition coefficient (Wildman–Crippen LogP) is 1.64. The third-order valence-electron chi connectivity index (χ3n) is 3.72. The van der Waals surface area contributed by atoms with Crippen LogP contribution in [-0.4, -0.2) is 34.2 Å². The molecule has 1 aromatic carbocycles. The number of para-hydroxylation sites is 1. The molecule has 0 saturated heterocycles. The Morgan fingerprint density at radius 3 is 2.74 bits per heavy atom. The van der Waals surface area contributed by atoms with E-state index >= 15 is 0 Å². The lowest BCUT2D eigenvalue weighted by molar-refractivity contribution is 0.591. The number of hydrogen-bond donors (Lipinski definition) is 0. The van der Waals surface area contributed by atoms with Gasteiger partial charge in [0.15, 0.2) is 5.82 Å². The van der Waals surface area contributed by atoms with Crippen molar-refractivity contribution in [3.05, 3.63) is 54.1 Å². The van der Waals surface area contributed by atoms with Crippen molar-refractivity contribution in [1.82, 2.24) is 30.0 Å². The van der Waals surface area contributed by atoms with Crippen LogP contribution in [0.1, 0.15) is 30.4 Å². The smallest absolute Gasteiger partial charge is 0.164 e. The molecular formula is C15H16N6OS. The molecule has 2 heterocycles. The molecule has 1 fully saturated rings. The first-order valence-corrected chi connectivity index (χ1v) is 9.00. The van der Waals surface area contributed by atoms with Gasteiger partial charge in [0.05, 0.1) is 28.9 Å². The maximum atomic E-state index is 12.4. The largest absolute Gasteiger partial charge is 0.259 e. The van der Waals surface area contributed by atoms with Crippen LogP contribution in [-0.2, 0) is 22.3 Å². The van der Waals surface area contributed by atoms with Crippen molar-refractivity contribution in [2.45, 2.75) is 30.4 Å². The van der Waals surface area contributed by atoms with Crippen molar-refractivity contribution < 1.29 is 4.21 Å². The number of nitrogens with zero attached hydrogens (tertiary/aromatic N) is 6. The van der Waals surface area contributed by atoms with E-state index < -0.39 is 10.8 Å². The third-order valence-corrected chi connectivity index (χ3v) is 4.92. The minimum Gasteiger partial charge on any atom is -0.259 e. The van der Waals surface area contributed by atoms with Gasteiger partial charge in [0, 0.05) is 17.0 Å². The molecule has 0 unspecified atom stereocenters. The second kappa shape index (κ2) is 6.04. The van der Waals surface area contributed by atoms with E-state index in [0.29, 0.717) is 23.4 Å². The molecule has 0 spiro atoms. The summed E-state index contributed by atoms with van der Waals surface area (Å²) in [5, 5.41) is 16.2. The Labute approximate surface area is 135 Å². The fourth-order valence-electron chi connectivity index (χ4n) is 2.43. The van der Waals surface area contributed by atoms with Gasteiger partial charge < -0.3 is 0 Å². The zero-order chi connectivity index (χ0) is 15.6. The summed E-state index contributed by atoms with van der Waals surface area (Å²) in [5.41, 5.74) is 1.79. The normalized spacial score (nSPS) is 15.7. The number of benzene rings is 1. The molecule has 1 atom stereocenters. The number of rotatable bonds is 6. The van der Waals surface area contributed by atoms with Crippen LogP contribution in [0.2, 0.25) is 0 Å². The molecule has 0 radical (unpaired) electrons. The molecule has 1 saturated carbocycles. The topological polar surface area (TPSA) is 78.5 Å². The van der Waals surface area contributed by atoms with Crippen LogP contribution in [0.5, 0.6) is 0 Å². The lowest BCUT2D eigenvalue weighted by Gasteiger charge is -2.02. The van der Waals surface area contributed by atoms with Gasteiger partial charge in [-0.05, 0) is 41.5 Å². The number of tetrazole rings is 1. The van der Waals surface area contributed by atoms with Gasteiger partial charge in [-0.2, -0.15) is 5.10 Å². The van der Waals surface area contributed by atoms with Crippen LogP contribution < -0.4 is 0 Å². The first kappa shape index (κ1) is 14.3. The van der Waals surface area contributed by atoms with Crippen LogP contribution in [0.25, 0.3) is 5.69 Å². The monoisotopic (exact) mass is 328 g/mol. The van der Waals surface area contributed by atoms with Crippen molar-refractivity contribution in [3.63, 3.8) is 0 Å². The standard InChI is InChI=1S/C15H16N6OS/c22-23(11-15-16-18-19-21(15)14-6-7-14)10-12-8-9-20(17-12)13-4-2-1-3-5-13/h1-5,8-9,14H,6-7,10-11H2/t23-/m1/s1. The summed E-state index contributed by atoms with van der Waals surface area (Å²) in [5.74, 6) is 1.47. The Balaban J connectivity index is 1.43. The summed E-state index contributed by atoms with van der Waals surface area (Å²) in [6.07, 6.45) is 4.09. The first-order valence-electron chi connectivity index (χ1n) is 7.51. The van der Waals surface area contributed by atoms with E-state index in [9.17, 15) is 4.21 Å². The van der Waals surface area contributed by atoms with Gasteiger partial charge in [-0.1, -0.05) is 18.2 Å². The minimum atomic E-state index is -1.08. The highest BCUT2D eigenvalue weighted by Gasteiger charge is 2.28. The van der Waals surface area contributed by atoms with Crippen LogP contribution in [0, 0.1) is 0 Å². The summed E-state index contributed by atoms with van der Waals surface area (Å²) in [6.45, 7) is 0. The maximum Gasteiger partial charge on any atom is 0.164 e. The fraction of sp³-hybridized carbons (Fsp3) is 0.333. The lowest BCUT2D eigenvalue weighted by Crippen LogP contribution is -2.08. The van der Waals surface area contributed by atoms with E-state index in [1.54, 1.807) is 9.36 Å². The molecule has 2 aromatic heterocycles. The molecule has 0 N–H and O–H groups in total. The van der Waals surface area contributed by atoms with Gasteiger partial charge in [-0.3, -0.25) is 4.21 Å². The third kappa shape index (κ3) is 3.21. The Morgan fingerprint density at radius 1 is 1.13 bits per heavy atom. The lowest BCUT2D eigenvalue weighted by atomic mass is 10.3. The van der Waals surface area contributed by atoms with Crippen LogP contribution in [0.15, 0.2) is 42.6 Å². The Bertz CT molecular complexity index is 823. The van der Waals surface area contributed by atoms with Gasteiger partial charge >= 0.3 is 0 Å². The fourth-order valence-corrected chi connectivity index (χ4v) is 3.50. The highest BCUT2D eigenvalue weighted by molar-refractivity contribution is 7.83. The molecule has 118 valence electrons. The molecule has 8 heteroatoms. The van der Waals surface area contributed by atoms with Gasteiger partial charge in [-0.25, -0.2) is 9.36 Å². The highest BCUT2D eigenvalue weighted by atomic mass is 32.2.